The minimum absolute atomic E-state index is 0.153. The number of anilines is 1. The summed E-state index contributed by atoms with van der Waals surface area (Å²) in [5.41, 5.74) is 1.59. The number of hydrogen-bond donors (Lipinski definition) is 3. The minimum atomic E-state index is -4.80. The number of benzene rings is 2. The zero-order valence-electron chi connectivity index (χ0n) is 15.2. The molecule has 0 unspecified atom stereocenters. The molecule has 0 heterocycles. The van der Waals surface area contributed by atoms with Crippen molar-refractivity contribution in [3.05, 3.63) is 48.0 Å². The first-order valence-electron chi connectivity index (χ1n) is 8.10. The number of alkyl halides is 4. The Morgan fingerprint density at radius 2 is 1.77 bits per heavy atom. The van der Waals surface area contributed by atoms with E-state index in [9.17, 15) is 32.3 Å². The third kappa shape index (κ3) is 5.59. The average molecular weight is 429 g/mol. The second-order valence-electron chi connectivity index (χ2n) is 5.51. The number of nitrogens with one attached hydrogen (secondary N) is 2. The van der Waals surface area contributed by atoms with Gasteiger partial charge in [-0.3, -0.25) is 9.59 Å². The van der Waals surface area contributed by atoms with Crippen LogP contribution in [-0.4, -0.2) is 42.8 Å². The smallest absolute Gasteiger partial charge is 0.461 e. The Morgan fingerprint density at radius 3 is 2.43 bits per heavy atom. The van der Waals surface area contributed by atoms with Gasteiger partial charge in [-0.05, 0) is 24.3 Å². The Balaban J connectivity index is 2.04. The fourth-order valence-corrected chi connectivity index (χ4v) is 2.05. The van der Waals surface area contributed by atoms with Gasteiger partial charge in [-0.2, -0.15) is 22.7 Å². The SMILES string of the molecule is COc1cccc(/C=N/NC(=O)C(=O)Nc2ccccc2OC(F)(F)C(F)F)c1O. The summed E-state index contributed by atoms with van der Waals surface area (Å²) in [4.78, 5) is 23.7. The molecular formula is C18H15F4N3O5. The van der Waals surface area contributed by atoms with Crippen LogP contribution < -0.4 is 20.2 Å². The number of phenols is 1. The van der Waals surface area contributed by atoms with Crippen LogP contribution in [0.2, 0.25) is 0 Å². The molecular weight excluding hydrogens is 414 g/mol. The quantitative estimate of drug-likeness (QED) is 0.271. The molecule has 0 atom stereocenters. The molecule has 0 aliphatic carbocycles. The highest BCUT2D eigenvalue weighted by Gasteiger charge is 2.44. The Bertz CT molecular complexity index is 953. The van der Waals surface area contributed by atoms with Crippen molar-refractivity contribution in [1.29, 1.82) is 0 Å². The van der Waals surface area contributed by atoms with Crippen molar-refractivity contribution >= 4 is 23.7 Å². The van der Waals surface area contributed by atoms with Gasteiger partial charge in [0, 0.05) is 5.56 Å². The van der Waals surface area contributed by atoms with Crippen LogP contribution in [0.25, 0.3) is 0 Å². The first kappa shape index (κ1) is 22.5. The summed E-state index contributed by atoms with van der Waals surface area (Å²) >= 11 is 0. The number of hydrazone groups is 1. The van der Waals surface area contributed by atoms with E-state index in [1.54, 1.807) is 6.07 Å². The molecule has 0 fully saturated rings. The Morgan fingerprint density at radius 1 is 1.10 bits per heavy atom. The summed E-state index contributed by atoms with van der Waals surface area (Å²) in [6, 6.07) is 8.95. The van der Waals surface area contributed by atoms with E-state index in [4.69, 9.17) is 4.74 Å². The number of hydrogen-bond acceptors (Lipinski definition) is 6. The van der Waals surface area contributed by atoms with E-state index in [0.29, 0.717) is 0 Å². The van der Waals surface area contributed by atoms with Crippen LogP contribution in [0.4, 0.5) is 23.2 Å². The molecule has 2 aromatic carbocycles. The van der Waals surface area contributed by atoms with Gasteiger partial charge < -0.3 is 19.9 Å². The highest BCUT2D eigenvalue weighted by atomic mass is 19.3. The molecule has 0 saturated heterocycles. The number of rotatable bonds is 7. The number of aromatic hydroxyl groups is 1. The Labute approximate surface area is 167 Å². The molecule has 30 heavy (non-hydrogen) atoms. The fourth-order valence-electron chi connectivity index (χ4n) is 2.05. The number of amides is 2. The predicted octanol–water partition coefficient (Wildman–Crippen LogP) is 2.73. The lowest BCUT2D eigenvalue weighted by Crippen LogP contribution is -2.35. The monoisotopic (exact) mass is 429 g/mol. The zero-order chi connectivity index (χ0) is 22.3. The van der Waals surface area contributed by atoms with Gasteiger partial charge in [-0.15, -0.1) is 0 Å². The van der Waals surface area contributed by atoms with Crippen LogP contribution in [-0.2, 0) is 9.59 Å². The van der Waals surface area contributed by atoms with E-state index in [-0.39, 0.29) is 17.1 Å². The minimum Gasteiger partial charge on any atom is -0.504 e. The fraction of sp³-hybridized carbons (Fsp3) is 0.167. The van der Waals surface area contributed by atoms with E-state index >= 15 is 0 Å². The Kier molecular flexibility index (Phi) is 7.17. The highest BCUT2D eigenvalue weighted by molar-refractivity contribution is 6.39. The molecule has 12 heteroatoms. The summed E-state index contributed by atoms with van der Waals surface area (Å²) in [7, 11) is 1.33. The molecule has 2 aromatic rings. The lowest BCUT2D eigenvalue weighted by Gasteiger charge is -2.19. The number of phenolic OH excluding ortho intramolecular Hbond substituents is 1. The molecule has 8 nitrogen and oxygen atoms in total. The van der Waals surface area contributed by atoms with Crippen LogP contribution >= 0.6 is 0 Å². The van der Waals surface area contributed by atoms with E-state index in [1.807, 2.05) is 10.7 Å². The van der Waals surface area contributed by atoms with Crippen LogP contribution in [0.15, 0.2) is 47.6 Å². The lowest BCUT2D eigenvalue weighted by molar-refractivity contribution is -0.252. The van der Waals surface area contributed by atoms with Crippen LogP contribution in [0, 0.1) is 0 Å². The topological polar surface area (TPSA) is 109 Å². The maximum atomic E-state index is 13.1. The third-order valence-electron chi connectivity index (χ3n) is 3.46. The van der Waals surface area contributed by atoms with E-state index < -0.39 is 35.8 Å². The van der Waals surface area contributed by atoms with E-state index in [2.05, 4.69) is 9.84 Å². The summed E-state index contributed by atoms with van der Waals surface area (Å²) in [5.74, 6) is -3.51. The number of carbonyl (C=O) groups excluding carboxylic acids is 2. The van der Waals surface area contributed by atoms with Crippen molar-refractivity contribution in [1.82, 2.24) is 5.43 Å². The number of methoxy groups -OCH3 is 1. The van der Waals surface area contributed by atoms with Crippen molar-refractivity contribution in [2.75, 3.05) is 12.4 Å². The van der Waals surface area contributed by atoms with Gasteiger partial charge >= 0.3 is 24.3 Å². The first-order chi connectivity index (χ1) is 14.2. The number of para-hydroxylation sites is 3. The number of nitrogens with zero attached hydrogens (tertiary/aromatic N) is 1. The Hall–Kier alpha value is -3.83. The first-order valence-corrected chi connectivity index (χ1v) is 8.10. The van der Waals surface area contributed by atoms with Crippen molar-refractivity contribution in [3.8, 4) is 17.2 Å². The van der Waals surface area contributed by atoms with Crippen LogP contribution in [0.3, 0.4) is 0 Å². The van der Waals surface area contributed by atoms with Crippen LogP contribution in [0.1, 0.15) is 5.56 Å². The standard InChI is InChI=1S/C18H15F4N3O5/c1-29-13-8-4-5-10(14(13)26)9-23-25-16(28)15(27)24-11-6-2-3-7-12(11)30-18(21,22)17(19)20/h2-9,17,26H,1H3,(H,24,27)(H,25,28)/b23-9+. The molecule has 0 radical (unpaired) electrons. The summed E-state index contributed by atoms with van der Waals surface area (Å²) in [6.45, 7) is 0. The molecule has 0 aromatic heterocycles. The number of ether oxygens (including phenoxy) is 2. The molecule has 160 valence electrons. The molecule has 0 saturated carbocycles. The normalized spacial score (nSPS) is 11.4. The predicted molar refractivity (Wildman–Crippen MR) is 97.0 cm³/mol. The van der Waals surface area contributed by atoms with Crippen molar-refractivity contribution in [3.63, 3.8) is 0 Å². The molecule has 2 amide bonds. The number of halogens is 4. The van der Waals surface area contributed by atoms with Gasteiger partial charge in [0.15, 0.2) is 11.5 Å². The van der Waals surface area contributed by atoms with E-state index in [1.165, 1.54) is 31.4 Å². The lowest BCUT2D eigenvalue weighted by atomic mass is 10.2. The highest BCUT2D eigenvalue weighted by Crippen LogP contribution is 2.32. The summed E-state index contributed by atoms with van der Waals surface area (Å²) < 4.78 is 59.7. The van der Waals surface area contributed by atoms with Crippen molar-refractivity contribution < 1.29 is 41.7 Å². The van der Waals surface area contributed by atoms with Gasteiger partial charge in [0.2, 0.25) is 0 Å². The van der Waals surface area contributed by atoms with E-state index in [0.717, 1.165) is 18.3 Å². The van der Waals surface area contributed by atoms with Gasteiger partial charge in [0.1, 0.15) is 5.75 Å². The zero-order valence-corrected chi connectivity index (χ0v) is 15.2. The second-order valence-corrected chi connectivity index (χ2v) is 5.51. The van der Waals surface area contributed by atoms with Crippen LogP contribution in [0.5, 0.6) is 17.2 Å². The second kappa shape index (κ2) is 9.58. The van der Waals surface area contributed by atoms with Gasteiger partial charge in [-0.25, -0.2) is 5.43 Å². The maximum absolute atomic E-state index is 13.1. The van der Waals surface area contributed by atoms with Gasteiger partial charge in [-0.1, -0.05) is 18.2 Å². The average Bonchev–Trinajstić information content (AvgIpc) is 2.70. The molecule has 0 spiro atoms. The largest absolute Gasteiger partial charge is 0.504 e. The summed E-state index contributed by atoms with van der Waals surface area (Å²) in [5, 5.41) is 15.3. The summed E-state index contributed by atoms with van der Waals surface area (Å²) in [6.07, 6.45) is -7.87. The molecule has 2 rings (SSSR count). The van der Waals surface area contributed by atoms with Crippen molar-refractivity contribution in [2.45, 2.75) is 12.5 Å². The molecule has 0 bridgehead atoms. The number of carbonyl (C=O) groups is 2. The molecule has 0 aliphatic heterocycles. The van der Waals surface area contributed by atoms with Gasteiger partial charge in [0.25, 0.3) is 0 Å². The molecule has 3 N–H and O–H groups in total. The third-order valence-corrected chi connectivity index (χ3v) is 3.46. The molecule has 0 aliphatic rings. The van der Waals surface area contributed by atoms with Gasteiger partial charge in [0.05, 0.1) is 19.0 Å². The maximum Gasteiger partial charge on any atom is 0.461 e. The van der Waals surface area contributed by atoms with Crippen molar-refractivity contribution in [2.24, 2.45) is 5.10 Å².